The molecule has 10 heavy (non-hydrogen) atoms. The Morgan fingerprint density at radius 3 is 2.60 bits per heavy atom. The zero-order valence-electron chi connectivity index (χ0n) is 6.89. The Kier molecular flexibility index (Phi) is 6.24. The van der Waals surface area contributed by atoms with Crippen molar-refractivity contribution < 1.29 is 4.79 Å². The number of amides is 1. The summed E-state index contributed by atoms with van der Waals surface area (Å²) in [6.45, 7) is 5.17. The van der Waals surface area contributed by atoms with Gasteiger partial charge < -0.3 is 5.32 Å². The second kappa shape index (κ2) is 6.59. The van der Waals surface area contributed by atoms with E-state index in [0.29, 0.717) is 5.92 Å². The first-order valence-corrected chi connectivity index (χ1v) is 4.02. The van der Waals surface area contributed by atoms with Gasteiger partial charge in [-0.05, 0) is 12.3 Å². The first kappa shape index (κ1) is 9.47. The SMILES string of the molecule is CCCC(CC)CNC=O. The van der Waals surface area contributed by atoms with Crippen molar-refractivity contribution in [3.63, 3.8) is 0 Å². The van der Waals surface area contributed by atoms with Gasteiger partial charge in [-0.1, -0.05) is 26.7 Å². The first-order chi connectivity index (χ1) is 4.85. The monoisotopic (exact) mass is 143 g/mol. The van der Waals surface area contributed by atoms with E-state index in [2.05, 4.69) is 19.2 Å². The van der Waals surface area contributed by atoms with E-state index in [9.17, 15) is 4.79 Å². The summed E-state index contributed by atoms with van der Waals surface area (Å²) in [5.74, 6) is 0.676. The van der Waals surface area contributed by atoms with E-state index in [4.69, 9.17) is 0 Å². The van der Waals surface area contributed by atoms with E-state index in [-0.39, 0.29) is 0 Å². The van der Waals surface area contributed by atoms with Crippen molar-refractivity contribution in [1.29, 1.82) is 0 Å². The van der Waals surface area contributed by atoms with Crippen LogP contribution in [-0.2, 0) is 4.79 Å². The molecule has 0 fully saturated rings. The number of nitrogens with one attached hydrogen (secondary N) is 1. The molecule has 0 rings (SSSR count). The molecule has 0 aromatic rings. The van der Waals surface area contributed by atoms with Crippen molar-refractivity contribution in [2.75, 3.05) is 6.54 Å². The molecule has 0 aliphatic carbocycles. The van der Waals surface area contributed by atoms with Crippen LogP contribution in [0.4, 0.5) is 0 Å². The maximum absolute atomic E-state index is 9.92. The number of carbonyl (C=O) groups is 1. The van der Waals surface area contributed by atoms with Gasteiger partial charge in [0.25, 0.3) is 0 Å². The smallest absolute Gasteiger partial charge is 0.207 e. The van der Waals surface area contributed by atoms with Crippen LogP contribution in [0.1, 0.15) is 33.1 Å². The second-order valence-electron chi connectivity index (χ2n) is 2.59. The van der Waals surface area contributed by atoms with Crippen LogP contribution in [0.3, 0.4) is 0 Å². The molecule has 0 heterocycles. The predicted octanol–water partition coefficient (Wildman–Crippen LogP) is 1.56. The summed E-state index contributed by atoms with van der Waals surface area (Å²) in [4.78, 5) is 9.92. The van der Waals surface area contributed by atoms with E-state index in [1.165, 1.54) is 12.8 Å². The van der Waals surface area contributed by atoms with Gasteiger partial charge in [0.1, 0.15) is 0 Å². The molecule has 0 saturated carbocycles. The topological polar surface area (TPSA) is 29.1 Å². The highest BCUT2D eigenvalue weighted by molar-refractivity contribution is 5.45. The molecular formula is C8H17NO. The summed E-state index contributed by atoms with van der Waals surface area (Å²) in [5.41, 5.74) is 0. The molecule has 1 N–H and O–H groups in total. The molecule has 2 heteroatoms. The third-order valence-electron chi connectivity index (χ3n) is 1.76. The van der Waals surface area contributed by atoms with Gasteiger partial charge in [0.2, 0.25) is 6.41 Å². The molecule has 0 aromatic heterocycles. The lowest BCUT2D eigenvalue weighted by Crippen LogP contribution is -2.20. The fourth-order valence-corrected chi connectivity index (χ4v) is 1.07. The highest BCUT2D eigenvalue weighted by Crippen LogP contribution is 2.08. The minimum absolute atomic E-state index is 0.676. The number of hydrogen-bond donors (Lipinski definition) is 1. The molecule has 1 unspecified atom stereocenters. The van der Waals surface area contributed by atoms with Crippen LogP contribution in [0.5, 0.6) is 0 Å². The summed E-state index contributed by atoms with van der Waals surface area (Å²) in [6.07, 6.45) is 4.36. The van der Waals surface area contributed by atoms with E-state index in [1.807, 2.05) is 0 Å². The lowest BCUT2D eigenvalue weighted by Gasteiger charge is -2.11. The Bertz CT molecular complexity index is 83.3. The predicted molar refractivity (Wildman–Crippen MR) is 42.8 cm³/mol. The van der Waals surface area contributed by atoms with Crippen molar-refractivity contribution in [3.05, 3.63) is 0 Å². The second-order valence-corrected chi connectivity index (χ2v) is 2.59. The fourth-order valence-electron chi connectivity index (χ4n) is 1.07. The molecule has 2 nitrogen and oxygen atoms in total. The standard InChI is InChI=1S/C8H17NO/c1-3-5-8(4-2)6-9-7-10/h7-8H,3-6H2,1-2H3,(H,9,10). The Balaban J connectivity index is 3.29. The number of carbonyl (C=O) groups excluding carboxylic acids is 1. The average Bonchev–Trinajstić information content (AvgIpc) is 1.98. The van der Waals surface area contributed by atoms with Crippen molar-refractivity contribution in [2.45, 2.75) is 33.1 Å². The molecule has 0 saturated heterocycles. The summed E-state index contributed by atoms with van der Waals surface area (Å²) in [6, 6.07) is 0. The van der Waals surface area contributed by atoms with Crippen LogP contribution in [-0.4, -0.2) is 13.0 Å². The van der Waals surface area contributed by atoms with Crippen molar-refractivity contribution in [3.8, 4) is 0 Å². The van der Waals surface area contributed by atoms with Gasteiger partial charge in [0.05, 0.1) is 0 Å². The third-order valence-corrected chi connectivity index (χ3v) is 1.76. The molecule has 0 aromatic carbocycles. The Labute approximate surface area is 63.0 Å². The molecule has 0 aliphatic heterocycles. The van der Waals surface area contributed by atoms with Gasteiger partial charge in [-0.2, -0.15) is 0 Å². The molecule has 0 radical (unpaired) electrons. The van der Waals surface area contributed by atoms with Crippen LogP contribution in [0.15, 0.2) is 0 Å². The third kappa shape index (κ3) is 4.36. The van der Waals surface area contributed by atoms with Crippen LogP contribution in [0, 0.1) is 5.92 Å². The maximum Gasteiger partial charge on any atom is 0.207 e. The lowest BCUT2D eigenvalue weighted by atomic mass is 10.0. The van der Waals surface area contributed by atoms with Gasteiger partial charge in [-0.25, -0.2) is 0 Å². The van der Waals surface area contributed by atoms with Crippen LogP contribution < -0.4 is 5.32 Å². The molecule has 0 aliphatic rings. The van der Waals surface area contributed by atoms with Gasteiger partial charge >= 0.3 is 0 Å². The van der Waals surface area contributed by atoms with Crippen molar-refractivity contribution in [2.24, 2.45) is 5.92 Å². The Hall–Kier alpha value is -0.530. The fraction of sp³-hybridized carbons (Fsp3) is 0.875. The quantitative estimate of drug-likeness (QED) is 0.562. The minimum Gasteiger partial charge on any atom is -0.358 e. The maximum atomic E-state index is 9.92. The first-order valence-electron chi connectivity index (χ1n) is 4.02. The largest absolute Gasteiger partial charge is 0.358 e. The molecule has 1 amide bonds. The molecule has 60 valence electrons. The van der Waals surface area contributed by atoms with Gasteiger partial charge in [0.15, 0.2) is 0 Å². The number of rotatable bonds is 6. The lowest BCUT2D eigenvalue weighted by molar-refractivity contribution is -0.109. The zero-order chi connectivity index (χ0) is 7.82. The normalized spacial score (nSPS) is 12.6. The molecular weight excluding hydrogens is 126 g/mol. The Morgan fingerprint density at radius 2 is 2.20 bits per heavy atom. The Morgan fingerprint density at radius 1 is 1.50 bits per heavy atom. The summed E-state index contributed by atoms with van der Waals surface area (Å²) in [7, 11) is 0. The number of hydrogen-bond acceptors (Lipinski definition) is 1. The molecule has 1 atom stereocenters. The van der Waals surface area contributed by atoms with Crippen LogP contribution in [0.2, 0.25) is 0 Å². The van der Waals surface area contributed by atoms with E-state index in [0.717, 1.165) is 19.4 Å². The highest BCUT2D eigenvalue weighted by atomic mass is 16.1. The molecule has 0 spiro atoms. The van der Waals surface area contributed by atoms with Crippen molar-refractivity contribution in [1.82, 2.24) is 5.32 Å². The minimum atomic E-state index is 0.676. The summed E-state index contributed by atoms with van der Waals surface area (Å²) >= 11 is 0. The van der Waals surface area contributed by atoms with Gasteiger partial charge in [-0.15, -0.1) is 0 Å². The van der Waals surface area contributed by atoms with E-state index in [1.54, 1.807) is 0 Å². The van der Waals surface area contributed by atoms with E-state index < -0.39 is 0 Å². The summed E-state index contributed by atoms with van der Waals surface area (Å²) in [5, 5.41) is 2.70. The highest BCUT2D eigenvalue weighted by Gasteiger charge is 2.02. The van der Waals surface area contributed by atoms with Gasteiger partial charge in [0, 0.05) is 6.54 Å². The summed E-state index contributed by atoms with van der Waals surface area (Å²) < 4.78 is 0. The zero-order valence-corrected chi connectivity index (χ0v) is 6.89. The molecule has 0 bridgehead atoms. The average molecular weight is 143 g/mol. The van der Waals surface area contributed by atoms with Gasteiger partial charge in [-0.3, -0.25) is 4.79 Å². The van der Waals surface area contributed by atoms with E-state index >= 15 is 0 Å². The van der Waals surface area contributed by atoms with Crippen LogP contribution >= 0.6 is 0 Å². The van der Waals surface area contributed by atoms with Crippen molar-refractivity contribution >= 4 is 6.41 Å². The van der Waals surface area contributed by atoms with Crippen LogP contribution in [0.25, 0.3) is 0 Å².